The molecule has 11 heteroatoms. The third-order valence-electron chi connectivity index (χ3n) is 8.95. The van der Waals surface area contributed by atoms with Crippen molar-refractivity contribution in [2.45, 2.75) is 44.8 Å². The Balaban J connectivity index is 1.48. The Labute approximate surface area is 222 Å². The third-order valence-corrected chi connectivity index (χ3v) is 8.95. The number of aromatic hydroxyl groups is 1. The summed E-state index contributed by atoms with van der Waals surface area (Å²) in [4.78, 5) is 39.0. The maximum absolute atomic E-state index is 13.8. The Bertz CT molecular complexity index is 1550. The first-order valence-corrected chi connectivity index (χ1v) is 12.9. The maximum Gasteiger partial charge on any atom is 0.310 e. The van der Waals surface area contributed by atoms with Crippen LogP contribution in [0, 0.1) is 17.8 Å². The van der Waals surface area contributed by atoms with Gasteiger partial charge < -0.3 is 29.9 Å². The van der Waals surface area contributed by atoms with Crippen LogP contribution in [0.3, 0.4) is 0 Å². The normalized spacial score (nSPS) is 30.8. The molecule has 5 atom stereocenters. The van der Waals surface area contributed by atoms with E-state index in [0.717, 1.165) is 5.01 Å². The van der Waals surface area contributed by atoms with Crippen molar-refractivity contribution < 1.29 is 44.3 Å². The van der Waals surface area contributed by atoms with Gasteiger partial charge in [0.05, 0.1) is 23.7 Å². The summed E-state index contributed by atoms with van der Waals surface area (Å²) in [6.07, 6.45) is 2.48. The number of aliphatic carboxylic acids is 1. The highest BCUT2D eigenvalue weighted by molar-refractivity contribution is 6.16. The second kappa shape index (κ2) is 8.04. The van der Waals surface area contributed by atoms with E-state index in [1.165, 1.54) is 0 Å². The largest absolute Gasteiger partial charge is 0.511 e. The fourth-order valence-corrected chi connectivity index (χ4v) is 7.16. The maximum atomic E-state index is 13.8. The summed E-state index contributed by atoms with van der Waals surface area (Å²) >= 11 is 0. The fourth-order valence-electron chi connectivity index (χ4n) is 7.16. The van der Waals surface area contributed by atoms with Crippen LogP contribution in [-0.4, -0.2) is 56.0 Å². The first-order valence-electron chi connectivity index (χ1n) is 12.9. The number of phenols is 1. The molecule has 0 saturated carbocycles. The quantitative estimate of drug-likeness (QED) is 0.265. The summed E-state index contributed by atoms with van der Waals surface area (Å²) in [6.45, 7) is 1.55. The molecular weight excluding hydrogens is 508 g/mol. The van der Waals surface area contributed by atoms with Gasteiger partial charge in [-0.25, -0.2) is 5.84 Å². The predicted molar refractivity (Wildman–Crippen MR) is 133 cm³/mol. The highest BCUT2D eigenvalue weighted by Crippen LogP contribution is 2.59. The van der Waals surface area contributed by atoms with E-state index in [1.807, 2.05) is 6.08 Å². The van der Waals surface area contributed by atoms with Crippen LogP contribution in [0.25, 0.3) is 5.57 Å². The molecule has 1 amide bonds. The minimum absolute atomic E-state index is 0.0420. The molecule has 7 rings (SSSR count). The Hall–Kier alpha value is -3.93. The molecule has 2 aliphatic heterocycles. The number of phenolic OH excluding ortho intramolecular Hbond substituents is 1. The number of fused-ring (bicyclic) bond motifs is 5. The SMILES string of the molecule is CC1=CC2C=C3CC4OCOc5c6c(c(O)c(c54)C3=C(O)C2C(=O)N1N)CC1=C(C6=O)C(O)CCC1C(=O)O. The number of amides is 1. The molecular formula is C28H26N2O9. The number of benzene rings is 1. The van der Waals surface area contributed by atoms with Gasteiger partial charge in [0.2, 0.25) is 0 Å². The lowest BCUT2D eigenvalue weighted by Crippen LogP contribution is -2.47. The molecule has 0 fully saturated rings. The average Bonchev–Trinajstić information content (AvgIpc) is 2.89. The number of aliphatic hydroxyl groups is 2. The number of carbonyl (C=O) groups is 3. The predicted octanol–water partition coefficient (Wildman–Crippen LogP) is 2.16. The van der Waals surface area contributed by atoms with Crippen LogP contribution >= 0.6 is 0 Å². The number of aliphatic hydroxyl groups excluding tert-OH is 2. The number of ketones is 1. The second-order valence-electron chi connectivity index (χ2n) is 10.9. The summed E-state index contributed by atoms with van der Waals surface area (Å²) in [5.41, 5.74) is 2.62. The van der Waals surface area contributed by atoms with Crippen LogP contribution in [0.5, 0.6) is 11.5 Å². The lowest BCUT2D eigenvalue weighted by Gasteiger charge is -2.42. The zero-order valence-corrected chi connectivity index (χ0v) is 20.9. The standard InChI is InChI=1S/C28H26N2O9/c1-9-4-10-5-11-6-16-21-22(17(11)24(33)18(10)27(35)30(9)29)23(32)14-7-13-12(28(36)37)2-3-15(31)19(13)25(34)20(14)26(21)39-8-38-16/h4-5,10,12,15-16,18,31-33H,2-3,6-8,29H2,1H3,(H,36,37). The van der Waals surface area contributed by atoms with Crippen molar-refractivity contribution in [1.82, 2.24) is 5.01 Å². The lowest BCUT2D eigenvalue weighted by atomic mass is 9.67. The van der Waals surface area contributed by atoms with Gasteiger partial charge in [0.15, 0.2) is 12.6 Å². The molecule has 202 valence electrons. The molecule has 0 saturated heterocycles. The van der Waals surface area contributed by atoms with Crippen molar-refractivity contribution in [3.05, 3.63) is 62.6 Å². The Morgan fingerprint density at radius 1 is 1.15 bits per heavy atom. The van der Waals surface area contributed by atoms with Gasteiger partial charge >= 0.3 is 5.97 Å². The van der Waals surface area contributed by atoms with Gasteiger partial charge in [-0.3, -0.25) is 19.4 Å². The molecule has 0 spiro atoms. The van der Waals surface area contributed by atoms with Gasteiger partial charge in [0, 0.05) is 45.9 Å². The number of carbonyl (C=O) groups excluding carboxylic acids is 2. The van der Waals surface area contributed by atoms with E-state index >= 15 is 0 Å². The Morgan fingerprint density at radius 2 is 1.92 bits per heavy atom. The van der Waals surface area contributed by atoms with E-state index in [4.69, 9.17) is 15.3 Å². The number of carboxylic acid groups (broad SMARTS) is 1. The van der Waals surface area contributed by atoms with Gasteiger partial charge in [0.25, 0.3) is 5.91 Å². The molecule has 6 N–H and O–H groups in total. The van der Waals surface area contributed by atoms with E-state index in [9.17, 15) is 34.8 Å². The molecule has 0 bridgehead atoms. The summed E-state index contributed by atoms with van der Waals surface area (Å²) in [6, 6.07) is 0. The van der Waals surface area contributed by atoms with Crippen LogP contribution in [-0.2, 0) is 20.7 Å². The van der Waals surface area contributed by atoms with Gasteiger partial charge in [-0.05, 0) is 37.3 Å². The van der Waals surface area contributed by atoms with E-state index < -0.39 is 47.6 Å². The highest BCUT2D eigenvalue weighted by Gasteiger charge is 2.49. The summed E-state index contributed by atoms with van der Waals surface area (Å²) in [5.74, 6) is 0.972. The summed E-state index contributed by atoms with van der Waals surface area (Å²) in [5, 5.41) is 44.8. The number of hydrogen-bond donors (Lipinski definition) is 5. The Kier molecular flexibility index (Phi) is 4.98. The number of ether oxygens (including phenoxy) is 2. The fraction of sp³-hybridized carbons (Fsp3) is 0.393. The summed E-state index contributed by atoms with van der Waals surface area (Å²) in [7, 11) is 0. The van der Waals surface area contributed by atoms with Crippen molar-refractivity contribution in [1.29, 1.82) is 0 Å². The third kappa shape index (κ3) is 3.06. The number of allylic oxidation sites excluding steroid dienone is 4. The lowest BCUT2D eigenvalue weighted by molar-refractivity contribution is -0.141. The first kappa shape index (κ1) is 24.1. The minimum Gasteiger partial charge on any atom is -0.511 e. The van der Waals surface area contributed by atoms with Gasteiger partial charge in [-0.2, -0.15) is 0 Å². The van der Waals surface area contributed by atoms with Crippen LogP contribution in [0.15, 0.2) is 40.3 Å². The number of nitrogens with two attached hydrogens (primary N) is 1. The van der Waals surface area contributed by atoms with E-state index in [2.05, 4.69) is 0 Å². The van der Waals surface area contributed by atoms with Gasteiger partial charge in [0.1, 0.15) is 23.2 Å². The van der Waals surface area contributed by atoms with Crippen molar-refractivity contribution in [2.24, 2.45) is 23.6 Å². The second-order valence-corrected chi connectivity index (χ2v) is 10.9. The molecule has 1 aromatic carbocycles. The summed E-state index contributed by atoms with van der Waals surface area (Å²) < 4.78 is 11.7. The van der Waals surface area contributed by atoms with Gasteiger partial charge in [-0.1, -0.05) is 12.2 Å². The van der Waals surface area contributed by atoms with Crippen molar-refractivity contribution >= 4 is 23.2 Å². The molecule has 0 aromatic heterocycles. The minimum atomic E-state index is -1.12. The molecule has 39 heavy (non-hydrogen) atoms. The zero-order valence-electron chi connectivity index (χ0n) is 20.9. The number of rotatable bonds is 1. The smallest absolute Gasteiger partial charge is 0.310 e. The topological polar surface area (TPSA) is 180 Å². The monoisotopic (exact) mass is 534 g/mol. The van der Waals surface area contributed by atoms with Crippen molar-refractivity contribution in [3.8, 4) is 11.5 Å². The van der Waals surface area contributed by atoms with Crippen LogP contribution in [0.4, 0.5) is 0 Å². The molecule has 0 radical (unpaired) electrons. The van der Waals surface area contributed by atoms with E-state index in [0.29, 0.717) is 23.3 Å². The van der Waals surface area contributed by atoms with Crippen LogP contribution in [0.1, 0.15) is 59.3 Å². The molecule has 2 heterocycles. The number of hydrazine groups is 1. The number of Topliss-reactive ketones (excluding diaryl/α,β-unsaturated/α-hetero) is 1. The zero-order chi connectivity index (χ0) is 27.5. The molecule has 1 aromatic rings. The molecule has 4 aliphatic carbocycles. The number of hydrogen-bond acceptors (Lipinski definition) is 9. The van der Waals surface area contributed by atoms with Crippen molar-refractivity contribution in [2.75, 3.05) is 6.79 Å². The number of nitrogens with zero attached hydrogens (tertiary/aromatic N) is 1. The highest BCUT2D eigenvalue weighted by atomic mass is 16.7. The van der Waals surface area contributed by atoms with Crippen LogP contribution in [0.2, 0.25) is 0 Å². The van der Waals surface area contributed by atoms with E-state index in [1.54, 1.807) is 13.0 Å². The molecule has 6 aliphatic rings. The molecule has 5 unspecified atom stereocenters. The van der Waals surface area contributed by atoms with E-state index in [-0.39, 0.29) is 76.7 Å². The number of carboxylic acids is 1. The first-order chi connectivity index (χ1) is 18.6. The molecule has 11 nitrogen and oxygen atoms in total. The van der Waals surface area contributed by atoms with Crippen molar-refractivity contribution in [3.63, 3.8) is 0 Å². The Morgan fingerprint density at radius 3 is 2.67 bits per heavy atom. The van der Waals surface area contributed by atoms with Gasteiger partial charge in [-0.15, -0.1) is 0 Å². The average molecular weight is 535 g/mol. The van der Waals surface area contributed by atoms with Crippen LogP contribution < -0.4 is 10.6 Å².